The number of nitrogens with zero attached hydrogens (tertiary/aromatic N) is 3. The Morgan fingerprint density at radius 1 is 1.35 bits per heavy atom. The molecule has 2 heterocycles. The summed E-state index contributed by atoms with van der Waals surface area (Å²) in [5.41, 5.74) is 0. The van der Waals surface area contributed by atoms with Gasteiger partial charge in [-0.1, -0.05) is 6.42 Å². The lowest BCUT2D eigenvalue weighted by Crippen LogP contribution is -2.29. The first-order valence-corrected chi connectivity index (χ1v) is 7.47. The van der Waals surface area contributed by atoms with E-state index in [2.05, 4.69) is 20.1 Å². The lowest BCUT2D eigenvalue weighted by molar-refractivity contribution is -0.122. The molecule has 2 N–H and O–H groups in total. The Hall–Kier alpha value is -1.43. The fraction of sp³-hybridized carbons (Fsp3) is 0.786. The first-order chi connectivity index (χ1) is 9.58. The second-order valence-electron chi connectivity index (χ2n) is 5.61. The second-order valence-corrected chi connectivity index (χ2v) is 5.61. The number of hydrogen-bond acceptors (Lipinski definition) is 4. The molecule has 0 fully saturated rings. The first kappa shape index (κ1) is 15.0. The van der Waals surface area contributed by atoms with Gasteiger partial charge >= 0.3 is 0 Å². The molecule has 0 saturated carbocycles. The Balaban J connectivity index is 1.97. The van der Waals surface area contributed by atoms with Crippen molar-refractivity contribution in [2.45, 2.75) is 71.1 Å². The quantitative estimate of drug-likeness (QED) is 0.853. The van der Waals surface area contributed by atoms with Crippen LogP contribution in [0.25, 0.3) is 0 Å². The maximum atomic E-state index is 11.8. The van der Waals surface area contributed by atoms with Crippen molar-refractivity contribution in [3.05, 3.63) is 11.6 Å². The van der Waals surface area contributed by atoms with Gasteiger partial charge in [-0.15, -0.1) is 10.2 Å². The lowest BCUT2D eigenvalue weighted by Gasteiger charge is -2.15. The average molecular weight is 280 g/mol. The van der Waals surface area contributed by atoms with Gasteiger partial charge in [0.25, 0.3) is 0 Å². The van der Waals surface area contributed by atoms with Gasteiger partial charge in [0, 0.05) is 19.4 Å². The van der Waals surface area contributed by atoms with Crippen molar-refractivity contribution < 1.29 is 9.90 Å². The summed E-state index contributed by atoms with van der Waals surface area (Å²) < 4.78 is 2.15. The van der Waals surface area contributed by atoms with Gasteiger partial charge in [-0.25, -0.2) is 0 Å². The molecule has 6 heteroatoms. The van der Waals surface area contributed by atoms with Gasteiger partial charge in [0.15, 0.2) is 5.82 Å². The van der Waals surface area contributed by atoms with E-state index < -0.39 is 6.10 Å². The third-order valence-electron chi connectivity index (χ3n) is 3.69. The Labute approximate surface area is 119 Å². The number of fused-ring (bicyclic) bond motifs is 1. The highest BCUT2D eigenvalue weighted by molar-refractivity contribution is 5.76. The molecule has 1 aliphatic heterocycles. The lowest BCUT2D eigenvalue weighted by atomic mass is 10.2. The average Bonchev–Trinajstić information content (AvgIpc) is 2.66. The molecule has 20 heavy (non-hydrogen) atoms. The monoisotopic (exact) mass is 280 g/mol. The fourth-order valence-electron chi connectivity index (χ4n) is 2.55. The standard InChI is InChI=1S/C14H24N4O2/c1-10(19)7-8-13(20)15-11(2)14-17-16-12-6-4-3-5-9-18(12)14/h10-11,19H,3-9H2,1-2H3,(H,15,20). The van der Waals surface area contributed by atoms with E-state index in [1.54, 1.807) is 6.92 Å². The summed E-state index contributed by atoms with van der Waals surface area (Å²) in [6, 6.07) is -0.143. The van der Waals surface area contributed by atoms with E-state index >= 15 is 0 Å². The second kappa shape index (κ2) is 6.83. The highest BCUT2D eigenvalue weighted by atomic mass is 16.3. The molecule has 2 rings (SSSR count). The molecule has 0 spiro atoms. The third kappa shape index (κ3) is 3.79. The third-order valence-corrected chi connectivity index (χ3v) is 3.69. The van der Waals surface area contributed by atoms with Crippen LogP contribution in [0.15, 0.2) is 0 Å². The maximum Gasteiger partial charge on any atom is 0.220 e. The molecule has 0 aliphatic carbocycles. The van der Waals surface area contributed by atoms with Crippen molar-refractivity contribution in [3.63, 3.8) is 0 Å². The zero-order valence-electron chi connectivity index (χ0n) is 12.3. The maximum absolute atomic E-state index is 11.8. The fourth-order valence-corrected chi connectivity index (χ4v) is 2.55. The van der Waals surface area contributed by atoms with Gasteiger partial charge in [-0.2, -0.15) is 0 Å². The van der Waals surface area contributed by atoms with Crippen LogP contribution in [0.4, 0.5) is 0 Å². The number of nitrogens with one attached hydrogen (secondary N) is 1. The summed E-state index contributed by atoms with van der Waals surface area (Å²) in [5, 5.41) is 20.6. The molecule has 0 saturated heterocycles. The number of aliphatic hydroxyl groups is 1. The summed E-state index contributed by atoms with van der Waals surface area (Å²) in [5.74, 6) is 1.82. The van der Waals surface area contributed by atoms with Crippen LogP contribution in [0.2, 0.25) is 0 Å². The molecule has 1 aromatic heterocycles. The summed E-state index contributed by atoms with van der Waals surface area (Å²) in [7, 11) is 0. The summed E-state index contributed by atoms with van der Waals surface area (Å²) in [4.78, 5) is 11.8. The van der Waals surface area contributed by atoms with Crippen molar-refractivity contribution in [2.24, 2.45) is 0 Å². The SMILES string of the molecule is CC(O)CCC(=O)NC(C)c1nnc2n1CCCCC2. The number of hydrogen-bond donors (Lipinski definition) is 2. The molecule has 2 atom stereocenters. The predicted octanol–water partition coefficient (Wildman–Crippen LogP) is 1.34. The number of rotatable bonds is 5. The minimum atomic E-state index is -0.444. The normalized spacial score (nSPS) is 17.9. The van der Waals surface area contributed by atoms with E-state index in [1.165, 1.54) is 6.42 Å². The highest BCUT2D eigenvalue weighted by Gasteiger charge is 2.20. The van der Waals surface area contributed by atoms with Crippen LogP contribution in [-0.2, 0) is 17.8 Å². The first-order valence-electron chi connectivity index (χ1n) is 7.47. The number of aryl methyl sites for hydroxylation is 1. The zero-order chi connectivity index (χ0) is 14.5. The number of amides is 1. The summed E-state index contributed by atoms with van der Waals surface area (Å²) >= 11 is 0. The number of aliphatic hydroxyl groups excluding tert-OH is 1. The van der Waals surface area contributed by atoms with E-state index in [0.29, 0.717) is 12.8 Å². The van der Waals surface area contributed by atoms with Gasteiger partial charge in [-0.05, 0) is 33.1 Å². The van der Waals surface area contributed by atoms with Crippen LogP contribution in [0, 0.1) is 0 Å². The predicted molar refractivity (Wildman–Crippen MR) is 75.0 cm³/mol. The highest BCUT2D eigenvalue weighted by Crippen LogP contribution is 2.18. The van der Waals surface area contributed by atoms with Crippen molar-refractivity contribution in [2.75, 3.05) is 0 Å². The molecule has 112 valence electrons. The van der Waals surface area contributed by atoms with E-state index in [9.17, 15) is 9.90 Å². The number of aromatic nitrogens is 3. The minimum Gasteiger partial charge on any atom is -0.393 e. The zero-order valence-corrected chi connectivity index (χ0v) is 12.3. The topological polar surface area (TPSA) is 80.0 Å². The van der Waals surface area contributed by atoms with Crippen LogP contribution in [0.5, 0.6) is 0 Å². The van der Waals surface area contributed by atoms with Crippen molar-refractivity contribution in [3.8, 4) is 0 Å². The largest absolute Gasteiger partial charge is 0.393 e. The Bertz CT molecular complexity index is 456. The van der Waals surface area contributed by atoms with Crippen LogP contribution >= 0.6 is 0 Å². The molecule has 6 nitrogen and oxygen atoms in total. The van der Waals surface area contributed by atoms with Crippen molar-refractivity contribution in [1.82, 2.24) is 20.1 Å². The van der Waals surface area contributed by atoms with Gasteiger partial charge < -0.3 is 15.0 Å². The molecule has 0 radical (unpaired) electrons. The Morgan fingerprint density at radius 3 is 2.90 bits per heavy atom. The Morgan fingerprint density at radius 2 is 2.15 bits per heavy atom. The molecule has 0 aromatic carbocycles. The molecule has 1 amide bonds. The van der Waals surface area contributed by atoms with Gasteiger partial charge in [0.05, 0.1) is 12.1 Å². The molecule has 1 aliphatic rings. The van der Waals surface area contributed by atoms with Crippen LogP contribution in [-0.4, -0.2) is 31.9 Å². The number of carbonyl (C=O) groups is 1. The van der Waals surface area contributed by atoms with Crippen LogP contribution in [0.1, 0.15) is 63.6 Å². The molecule has 0 bridgehead atoms. The van der Waals surface area contributed by atoms with Crippen LogP contribution in [0.3, 0.4) is 0 Å². The minimum absolute atomic E-state index is 0.0515. The Kier molecular flexibility index (Phi) is 5.11. The molecular formula is C14H24N4O2. The smallest absolute Gasteiger partial charge is 0.220 e. The van der Waals surface area contributed by atoms with Crippen LogP contribution < -0.4 is 5.32 Å². The van der Waals surface area contributed by atoms with E-state index in [1.807, 2.05) is 6.92 Å². The van der Waals surface area contributed by atoms with Gasteiger partial charge in [0.1, 0.15) is 5.82 Å². The van der Waals surface area contributed by atoms with E-state index in [4.69, 9.17) is 0 Å². The summed E-state index contributed by atoms with van der Waals surface area (Å²) in [6.45, 7) is 4.56. The van der Waals surface area contributed by atoms with E-state index in [0.717, 1.165) is 37.5 Å². The van der Waals surface area contributed by atoms with Gasteiger partial charge in [0.2, 0.25) is 5.91 Å². The van der Waals surface area contributed by atoms with E-state index in [-0.39, 0.29) is 11.9 Å². The van der Waals surface area contributed by atoms with Crippen molar-refractivity contribution >= 4 is 5.91 Å². The molecule has 2 unspecified atom stereocenters. The number of carbonyl (C=O) groups excluding carboxylic acids is 1. The molecular weight excluding hydrogens is 256 g/mol. The summed E-state index contributed by atoms with van der Waals surface area (Å²) in [6.07, 6.45) is 4.86. The van der Waals surface area contributed by atoms with Gasteiger partial charge in [-0.3, -0.25) is 4.79 Å². The van der Waals surface area contributed by atoms with Crippen molar-refractivity contribution in [1.29, 1.82) is 0 Å². The molecule has 1 aromatic rings.